The summed E-state index contributed by atoms with van der Waals surface area (Å²) in [5.41, 5.74) is 4.35. The third kappa shape index (κ3) is 3.34. The van der Waals surface area contributed by atoms with Crippen LogP contribution in [-0.2, 0) is 17.5 Å². The van der Waals surface area contributed by atoms with Crippen molar-refractivity contribution in [2.24, 2.45) is 7.05 Å². The number of ether oxygens (including phenoxy) is 1. The SMILES string of the molecule is Cn1cc(C(=O)NCCN2CCOCC2)c2c1-c1ccccc1SC2. The zero-order valence-electron chi connectivity index (χ0n) is 14.5. The fourth-order valence-corrected chi connectivity index (χ4v) is 4.64. The molecule has 1 amide bonds. The number of carbonyl (C=O) groups excluding carboxylic acids is 1. The first-order chi connectivity index (χ1) is 12.2. The van der Waals surface area contributed by atoms with Crippen molar-refractivity contribution in [3.63, 3.8) is 0 Å². The Morgan fingerprint density at radius 2 is 2.08 bits per heavy atom. The fourth-order valence-electron chi connectivity index (χ4n) is 3.56. The van der Waals surface area contributed by atoms with Crippen molar-refractivity contribution in [1.82, 2.24) is 14.8 Å². The van der Waals surface area contributed by atoms with Crippen LogP contribution in [0.3, 0.4) is 0 Å². The highest BCUT2D eigenvalue weighted by Crippen LogP contribution is 2.43. The molecule has 4 rings (SSSR count). The van der Waals surface area contributed by atoms with Crippen LogP contribution in [0.4, 0.5) is 0 Å². The molecule has 2 aliphatic heterocycles. The van der Waals surface area contributed by atoms with Crippen LogP contribution < -0.4 is 5.32 Å². The second-order valence-electron chi connectivity index (χ2n) is 6.48. The molecule has 6 heteroatoms. The zero-order chi connectivity index (χ0) is 17.2. The lowest BCUT2D eigenvalue weighted by molar-refractivity contribution is 0.0383. The average Bonchev–Trinajstić information content (AvgIpc) is 3.00. The Hall–Kier alpha value is -1.76. The van der Waals surface area contributed by atoms with Crippen LogP contribution in [0.15, 0.2) is 35.4 Å². The molecule has 25 heavy (non-hydrogen) atoms. The van der Waals surface area contributed by atoms with Crippen molar-refractivity contribution in [3.05, 3.63) is 41.6 Å². The zero-order valence-corrected chi connectivity index (χ0v) is 15.3. The summed E-state index contributed by atoms with van der Waals surface area (Å²) < 4.78 is 7.44. The number of thioether (sulfide) groups is 1. The quantitative estimate of drug-likeness (QED) is 0.913. The lowest BCUT2D eigenvalue weighted by Gasteiger charge is -2.26. The minimum absolute atomic E-state index is 0.0325. The van der Waals surface area contributed by atoms with Gasteiger partial charge in [0.15, 0.2) is 0 Å². The maximum Gasteiger partial charge on any atom is 0.253 e. The minimum atomic E-state index is 0.0325. The number of rotatable bonds is 4. The molecule has 2 aromatic rings. The number of benzene rings is 1. The number of nitrogens with one attached hydrogen (secondary N) is 1. The largest absolute Gasteiger partial charge is 0.379 e. The van der Waals surface area contributed by atoms with Gasteiger partial charge in [-0.15, -0.1) is 11.8 Å². The summed E-state index contributed by atoms with van der Waals surface area (Å²) in [4.78, 5) is 16.3. The predicted molar refractivity (Wildman–Crippen MR) is 100 cm³/mol. The van der Waals surface area contributed by atoms with E-state index in [9.17, 15) is 4.79 Å². The van der Waals surface area contributed by atoms with Gasteiger partial charge in [0.2, 0.25) is 0 Å². The van der Waals surface area contributed by atoms with E-state index in [1.807, 2.05) is 25.0 Å². The van der Waals surface area contributed by atoms with Gasteiger partial charge >= 0.3 is 0 Å². The van der Waals surface area contributed by atoms with Crippen LogP contribution in [0, 0.1) is 0 Å². The number of carbonyl (C=O) groups is 1. The normalized spacial score (nSPS) is 17.0. The predicted octanol–water partition coefficient (Wildman–Crippen LogP) is 2.36. The Labute approximate surface area is 152 Å². The first kappa shape index (κ1) is 16.7. The van der Waals surface area contributed by atoms with E-state index in [4.69, 9.17) is 4.74 Å². The van der Waals surface area contributed by atoms with E-state index in [2.05, 4.69) is 39.0 Å². The lowest BCUT2D eigenvalue weighted by Crippen LogP contribution is -2.41. The van der Waals surface area contributed by atoms with Gasteiger partial charge in [-0.3, -0.25) is 9.69 Å². The summed E-state index contributed by atoms with van der Waals surface area (Å²) in [6.45, 7) is 5.02. The van der Waals surface area contributed by atoms with Gasteiger partial charge < -0.3 is 14.6 Å². The van der Waals surface area contributed by atoms with Gasteiger partial charge in [-0.05, 0) is 6.07 Å². The summed E-state index contributed by atoms with van der Waals surface area (Å²) in [6.07, 6.45) is 1.97. The Kier molecular flexibility index (Phi) is 4.83. The van der Waals surface area contributed by atoms with Gasteiger partial charge in [0.1, 0.15) is 0 Å². The van der Waals surface area contributed by atoms with E-state index in [-0.39, 0.29) is 5.91 Å². The molecule has 0 spiro atoms. The van der Waals surface area contributed by atoms with Crippen LogP contribution in [0.1, 0.15) is 15.9 Å². The monoisotopic (exact) mass is 357 g/mol. The van der Waals surface area contributed by atoms with Crippen LogP contribution in [-0.4, -0.2) is 54.8 Å². The summed E-state index contributed by atoms with van der Waals surface area (Å²) in [5.74, 6) is 0.879. The third-order valence-electron chi connectivity index (χ3n) is 4.86. The highest BCUT2D eigenvalue weighted by atomic mass is 32.2. The molecule has 1 fully saturated rings. The number of amides is 1. The number of hydrogen-bond acceptors (Lipinski definition) is 4. The molecule has 0 aliphatic carbocycles. The topological polar surface area (TPSA) is 46.5 Å². The van der Waals surface area contributed by atoms with Crippen LogP contribution in [0.2, 0.25) is 0 Å². The number of aromatic nitrogens is 1. The number of morpholine rings is 1. The molecule has 132 valence electrons. The smallest absolute Gasteiger partial charge is 0.253 e. The van der Waals surface area contributed by atoms with Gasteiger partial charge in [0.25, 0.3) is 5.91 Å². The highest BCUT2D eigenvalue weighted by molar-refractivity contribution is 7.98. The van der Waals surface area contributed by atoms with Gasteiger partial charge in [0.05, 0.1) is 24.5 Å². The minimum Gasteiger partial charge on any atom is -0.379 e. The van der Waals surface area contributed by atoms with E-state index in [0.29, 0.717) is 6.54 Å². The average molecular weight is 357 g/mol. The summed E-state index contributed by atoms with van der Waals surface area (Å²) in [7, 11) is 2.02. The first-order valence-corrected chi connectivity index (χ1v) is 9.71. The molecule has 1 saturated heterocycles. The molecule has 1 aromatic carbocycles. The van der Waals surface area contributed by atoms with Crippen molar-refractivity contribution in [3.8, 4) is 11.3 Å². The Bertz CT molecular complexity index is 781. The van der Waals surface area contributed by atoms with Crippen molar-refractivity contribution in [1.29, 1.82) is 0 Å². The molecule has 0 radical (unpaired) electrons. The molecule has 1 N–H and O–H groups in total. The van der Waals surface area contributed by atoms with E-state index in [1.54, 1.807) is 0 Å². The standard InChI is InChI=1S/C19H23N3O2S/c1-21-12-15(19(23)20-6-7-22-8-10-24-11-9-22)16-13-25-17-5-3-2-4-14(17)18(16)21/h2-5,12H,6-11,13H2,1H3,(H,20,23). The number of fused-ring (bicyclic) bond motifs is 3. The number of nitrogens with zero attached hydrogens (tertiary/aromatic N) is 2. The molecule has 5 nitrogen and oxygen atoms in total. The van der Waals surface area contributed by atoms with Crippen molar-refractivity contribution in [2.75, 3.05) is 39.4 Å². The maximum absolute atomic E-state index is 12.7. The van der Waals surface area contributed by atoms with Crippen LogP contribution in [0.25, 0.3) is 11.3 Å². The maximum atomic E-state index is 12.7. The molecule has 0 unspecified atom stereocenters. The summed E-state index contributed by atoms with van der Waals surface area (Å²) in [5, 5.41) is 3.09. The summed E-state index contributed by atoms with van der Waals surface area (Å²) in [6, 6.07) is 8.42. The molecule has 3 heterocycles. The van der Waals surface area contributed by atoms with E-state index >= 15 is 0 Å². The van der Waals surface area contributed by atoms with Gasteiger partial charge in [0, 0.05) is 61.2 Å². The van der Waals surface area contributed by atoms with Gasteiger partial charge in [-0.25, -0.2) is 0 Å². The number of aryl methyl sites for hydroxylation is 1. The molecule has 0 saturated carbocycles. The molecule has 0 atom stereocenters. The molecule has 1 aromatic heterocycles. The van der Waals surface area contributed by atoms with Crippen molar-refractivity contribution >= 4 is 17.7 Å². The van der Waals surface area contributed by atoms with Crippen LogP contribution >= 0.6 is 11.8 Å². The molecular formula is C19H23N3O2S. The van der Waals surface area contributed by atoms with Crippen molar-refractivity contribution < 1.29 is 9.53 Å². The highest BCUT2D eigenvalue weighted by Gasteiger charge is 2.25. The second kappa shape index (κ2) is 7.23. The van der Waals surface area contributed by atoms with Crippen LogP contribution in [0.5, 0.6) is 0 Å². The Balaban J connectivity index is 1.47. The summed E-state index contributed by atoms with van der Waals surface area (Å²) >= 11 is 1.81. The molecule has 2 aliphatic rings. The van der Waals surface area contributed by atoms with Gasteiger partial charge in [-0.1, -0.05) is 18.2 Å². The lowest BCUT2D eigenvalue weighted by atomic mass is 10.0. The third-order valence-corrected chi connectivity index (χ3v) is 5.96. The Morgan fingerprint density at radius 3 is 2.92 bits per heavy atom. The van der Waals surface area contributed by atoms with E-state index in [1.165, 1.54) is 16.2 Å². The van der Waals surface area contributed by atoms with Gasteiger partial charge in [-0.2, -0.15) is 0 Å². The number of hydrogen-bond donors (Lipinski definition) is 1. The van der Waals surface area contributed by atoms with E-state index in [0.717, 1.165) is 49.7 Å². The molecular weight excluding hydrogens is 334 g/mol. The fraction of sp³-hybridized carbons (Fsp3) is 0.421. The van der Waals surface area contributed by atoms with E-state index < -0.39 is 0 Å². The first-order valence-electron chi connectivity index (χ1n) is 8.73. The second-order valence-corrected chi connectivity index (χ2v) is 7.49. The Morgan fingerprint density at radius 1 is 1.28 bits per heavy atom. The van der Waals surface area contributed by atoms with Crippen molar-refractivity contribution in [2.45, 2.75) is 10.6 Å². The molecule has 0 bridgehead atoms.